The van der Waals surface area contributed by atoms with Gasteiger partial charge < -0.3 is 0 Å². The van der Waals surface area contributed by atoms with E-state index in [4.69, 9.17) is 0 Å². The second kappa shape index (κ2) is 22.3. The second-order valence-electron chi connectivity index (χ2n) is 10.5. The molecule has 0 amide bonds. The Kier molecular flexibility index (Phi) is 18.6. The van der Waals surface area contributed by atoms with Gasteiger partial charge in [0.1, 0.15) is 0 Å². The molecule has 0 saturated carbocycles. The topological polar surface area (TPSA) is 34.1 Å². The summed E-state index contributed by atoms with van der Waals surface area (Å²) in [6.07, 6.45) is 3.62. The third kappa shape index (κ3) is 14.6. The van der Waals surface area contributed by atoms with Crippen molar-refractivity contribution in [3.63, 3.8) is 0 Å². The molecule has 0 atom stereocenters. The maximum Gasteiger partial charge on any atom is 0.176 e. The molecular weight excluding hydrogens is 882 g/mol. The number of benzene rings is 5. The number of aryl methyl sites for hydroxylation is 4. The van der Waals surface area contributed by atoms with Crippen LogP contribution >= 0.6 is 45.2 Å². The van der Waals surface area contributed by atoms with E-state index in [-0.39, 0.29) is 0 Å². The zero-order valence-electron chi connectivity index (χ0n) is 26.1. The summed E-state index contributed by atoms with van der Waals surface area (Å²) in [5, 5.41) is 0. The first-order valence-corrected chi connectivity index (χ1v) is 20.3. The SMILES string of the molecule is Fc1c(F)c(I)c(F)c(F)c1I.O=S(CCc1ccccc1)CCc1ccccc1.O=S(CCc1ccccc1)CCc1ccccc1. The zero-order valence-corrected chi connectivity index (χ0v) is 32.1. The minimum absolute atomic E-state index is 0.664. The van der Waals surface area contributed by atoms with E-state index in [2.05, 4.69) is 48.5 Å². The second-order valence-corrected chi connectivity index (χ2v) is 16.1. The summed E-state index contributed by atoms with van der Waals surface area (Å²) in [4.78, 5) is 0. The van der Waals surface area contributed by atoms with Crippen LogP contribution in [0, 0.1) is 30.4 Å². The molecule has 5 rings (SSSR count). The van der Waals surface area contributed by atoms with E-state index >= 15 is 0 Å². The van der Waals surface area contributed by atoms with E-state index in [1.54, 1.807) is 0 Å². The molecule has 48 heavy (non-hydrogen) atoms. The largest absolute Gasteiger partial charge is 0.260 e. The Bertz CT molecular complexity index is 1420. The third-order valence-electron chi connectivity index (χ3n) is 7.00. The van der Waals surface area contributed by atoms with Crippen LogP contribution < -0.4 is 0 Å². The lowest BCUT2D eigenvalue weighted by atomic mass is 10.2. The molecular formula is C38H36F4I2O2S2. The summed E-state index contributed by atoms with van der Waals surface area (Å²) < 4.78 is 73.0. The minimum Gasteiger partial charge on any atom is -0.260 e. The van der Waals surface area contributed by atoms with Gasteiger partial charge in [0.05, 0.1) is 7.14 Å². The maximum atomic E-state index is 12.6. The fourth-order valence-corrected chi connectivity index (χ4v) is 7.50. The van der Waals surface area contributed by atoms with Crippen LogP contribution in [0.2, 0.25) is 0 Å². The number of hydrogen-bond donors (Lipinski definition) is 0. The standard InChI is InChI=1S/2C16H18OS.C6F4I2/c2*17-18(13-11-15-7-3-1-4-8-15)14-12-16-9-5-2-6-10-16;7-1-2(8)6(12)4(10)3(9)5(1)11/h2*1-10H,11-14H2;. The molecule has 5 aromatic rings. The summed E-state index contributed by atoms with van der Waals surface area (Å²) in [6, 6.07) is 41.0. The predicted octanol–water partition coefficient (Wildman–Crippen LogP) is 9.89. The molecule has 0 aliphatic heterocycles. The molecule has 0 aliphatic rings. The van der Waals surface area contributed by atoms with Gasteiger partial charge in [0.15, 0.2) is 23.3 Å². The Morgan fingerprint density at radius 1 is 0.375 bits per heavy atom. The molecule has 0 spiro atoms. The molecule has 0 unspecified atom stereocenters. The average Bonchev–Trinajstić information content (AvgIpc) is 3.14. The van der Waals surface area contributed by atoms with Crippen LogP contribution in [0.15, 0.2) is 121 Å². The number of rotatable bonds is 12. The molecule has 2 nitrogen and oxygen atoms in total. The molecule has 0 saturated heterocycles. The van der Waals surface area contributed by atoms with Gasteiger partial charge in [-0.2, -0.15) is 0 Å². The van der Waals surface area contributed by atoms with Gasteiger partial charge in [-0.15, -0.1) is 0 Å². The zero-order chi connectivity index (χ0) is 34.7. The van der Waals surface area contributed by atoms with Crippen LogP contribution in [0.25, 0.3) is 0 Å². The Morgan fingerprint density at radius 2 is 0.562 bits per heavy atom. The fourth-order valence-electron chi connectivity index (χ4n) is 4.29. The van der Waals surface area contributed by atoms with Gasteiger partial charge in [-0.1, -0.05) is 121 Å². The highest BCUT2D eigenvalue weighted by Gasteiger charge is 2.21. The van der Waals surface area contributed by atoms with Crippen LogP contribution in [0.3, 0.4) is 0 Å². The van der Waals surface area contributed by atoms with Crippen LogP contribution in [-0.4, -0.2) is 31.4 Å². The average molecular weight is 919 g/mol. The molecule has 0 aromatic heterocycles. The van der Waals surface area contributed by atoms with E-state index in [0.29, 0.717) is 0 Å². The van der Waals surface area contributed by atoms with Crippen molar-refractivity contribution in [1.82, 2.24) is 0 Å². The highest BCUT2D eigenvalue weighted by molar-refractivity contribution is 14.1. The van der Waals surface area contributed by atoms with Gasteiger partial charge in [0, 0.05) is 44.6 Å². The monoisotopic (exact) mass is 918 g/mol. The first-order valence-electron chi connectivity index (χ1n) is 15.2. The van der Waals surface area contributed by atoms with Gasteiger partial charge in [-0.25, -0.2) is 17.6 Å². The van der Waals surface area contributed by atoms with Crippen molar-refractivity contribution >= 4 is 66.8 Å². The van der Waals surface area contributed by atoms with Gasteiger partial charge >= 0.3 is 0 Å². The van der Waals surface area contributed by atoms with Crippen molar-refractivity contribution in [2.24, 2.45) is 0 Å². The molecule has 0 bridgehead atoms. The third-order valence-corrected chi connectivity index (χ3v) is 11.5. The van der Waals surface area contributed by atoms with Crippen LogP contribution in [0.5, 0.6) is 0 Å². The Balaban J connectivity index is 0.000000200. The molecule has 0 radical (unpaired) electrons. The van der Waals surface area contributed by atoms with Gasteiger partial charge in [-0.05, 0) is 93.1 Å². The Labute approximate surface area is 313 Å². The lowest BCUT2D eigenvalue weighted by Crippen LogP contribution is -2.07. The van der Waals surface area contributed by atoms with Crippen molar-refractivity contribution in [2.45, 2.75) is 25.7 Å². The number of hydrogen-bond acceptors (Lipinski definition) is 2. The summed E-state index contributed by atoms with van der Waals surface area (Å²) in [5.41, 5.74) is 5.08. The molecule has 5 aromatic carbocycles. The highest BCUT2D eigenvalue weighted by Crippen LogP contribution is 2.26. The molecule has 254 valence electrons. The first-order chi connectivity index (χ1) is 23.2. The molecule has 0 fully saturated rings. The van der Waals surface area contributed by atoms with Crippen LogP contribution in [0.1, 0.15) is 22.3 Å². The van der Waals surface area contributed by atoms with E-state index in [1.165, 1.54) is 67.4 Å². The van der Waals surface area contributed by atoms with E-state index < -0.39 is 52.0 Å². The van der Waals surface area contributed by atoms with Gasteiger partial charge in [-0.3, -0.25) is 8.42 Å². The van der Waals surface area contributed by atoms with Gasteiger partial charge in [0.2, 0.25) is 0 Å². The summed E-state index contributed by atoms with van der Waals surface area (Å²) in [7, 11) is -1.44. The molecule has 0 aliphatic carbocycles. The Morgan fingerprint density at radius 3 is 0.750 bits per heavy atom. The number of halogens is 6. The lowest BCUT2D eigenvalue weighted by Gasteiger charge is -2.03. The Hall–Kier alpha value is -2.42. The quantitative estimate of drug-likeness (QED) is 0.0541. The van der Waals surface area contributed by atoms with Crippen LogP contribution in [-0.2, 0) is 47.3 Å². The van der Waals surface area contributed by atoms with E-state index in [9.17, 15) is 26.0 Å². The van der Waals surface area contributed by atoms with E-state index in [0.717, 1.165) is 48.7 Å². The summed E-state index contributed by atoms with van der Waals surface area (Å²) in [6.45, 7) is 0. The van der Waals surface area contributed by atoms with Crippen molar-refractivity contribution in [3.8, 4) is 0 Å². The molecule has 0 N–H and O–H groups in total. The fraction of sp³-hybridized carbons (Fsp3) is 0.211. The van der Waals surface area contributed by atoms with Crippen molar-refractivity contribution < 1.29 is 26.0 Å². The van der Waals surface area contributed by atoms with Crippen LogP contribution in [0.4, 0.5) is 17.6 Å². The van der Waals surface area contributed by atoms with Crippen molar-refractivity contribution in [1.29, 1.82) is 0 Å². The smallest absolute Gasteiger partial charge is 0.176 e. The van der Waals surface area contributed by atoms with Crippen molar-refractivity contribution in [3.05, 3.63) is 174 Å². The highest BCUT2D eigenvalue weighted by atomic mass is 127. The first kappa shape index (κ1) is 40.0. The molecule has 10 heteroatoms. The molecule has 0 heterocycles. The normalized spacial score (nSPS) is 10.7. The minimum atomic E-state index is -1.35. The summed E-state index contributed by atoms with van der Waals surface area (Å²) >= 11 is 2.41. The van der Waals surface area contributed by atoms with Crippen molar-refractivity contribution in [2.75, 3.05) is 23.0 Å². The lowest BCUT2D eigenvalue weighted by molar-refractivity contribution is 0.437. The van der Waals surface area contributed by atoms with E-state index in [1.807, 2.05) is 72.8 Å². The van der Waals surface area contributed by atoms with Gasteiger partial charge in [0.25, 0.3) is 0 Å². The summed E-state index contributed by atoms with van der Waals surface area (Å²) in [5.74, 6) is -2.35. The maximum absolute atomic E-state index is 12.6. The predicted molar refractivity (Wildman–Crippen MR) is 208 cm³/mol.